The summed E-state index contributed by atoms with van der Waals surface area (Å²) in [5.74, 6) is 1.98. The van der Waals surface area contributed by atoms with Gasteiger partial charge in [-0.15, -0.1) is 0 Å². The van der Waals surface area contributed by atoms with Gasteiger partial charge in [0.2, 0.25) is 0 Å². The van der Waals surface area contributed by atoms with Gasteiger partial charge in [-0.3, -0.25) is 9.80 Å². The summed E-state index contributed by atoms with van der Waals surface area (Å²) in [4.78, 5) is 20.0. The van der Waals surface area contributed by atoms with Crippen molar-refractivity contribution in [1.29, 1.82) is 0 Å². The third kappa shape index (κ3) is 5.97. The number of hydrogen-bond acceptors (Lipinski definition) is 6. The molecule has 2 aliphatic heterocycles. The van der Waals surface area contributed by atoms with Crippen molar-refractivity contribution in [2.45, 2.75) is 25.0 Å². The summed E-state index contributed by atoms with van der Waals surface area (Å²) in [6, 6.07) is 25.6. The smallest absolute Gasteiger partial charge is 0.145 e. The lowest BCUT2D eigenvalue weighted by Gasteiger charge is -2.39. The highest BCUT2D eigenvalue weighted by Gasteiger charge is 2.29. The predicted octanol–water partition coefficient (Wildman–Crippen LogP) is 5.98. The van der Waals surface area contributed by atoms with E-state index < -0.39 is 0 Å². The summed E-state index contributed by atoms with van der Waals surface area (Å²) in [6.45, 7) is 6.59. The van der Waals surface area contributed by atoms with E-state index in [0.717, 1.165) is 84.8 Å². The highest BCUT2D eigenvalue weighted by Crippen LogP contribution is 2.32. The Kier molecular flexibility index (Phi) is 8.24. The lowest BCUT2D eigenvalue weighted by molar-refractivity contribution is 0.103. The average molecular weight is 576 g/mol. The van der Waals surface area contributed by atoms with E-state index in [1.165, 1.54) is 11.1 Å². The van der Waals surface area contributed by atoms with Crippen LogP contribution in [0.15, 0.2) is 72.8 Å². The second kappa shape index (κ2) is 12.0. The minimum atomic E-state index is 0.153. The maximum atomic E-state index is 6.22. The molecule has 0 spiro atoms. The number of nitrogens with zero attached hydrogens (tertiary/aromatic N) is 6. The highest BCUT2D eigenvalue weighted by molar-refractivity contribution is 6.30. The van der Waals surface area contributed by atoms with Crippen LogP contribution < -0.4 is 4.90 Å². The van der Waals surface area contributed by atoms with Crippen LogP contribution in [-0.2, 0) is 6.54 Å². The number of benzene rings is 3. The van der Waals surface area contributed by atoms with Gasteiger partial charge in [-0.1, -0.05) is 59.6 Å². The normalized spacial score (nSPS) is 18.9. The van der Waals surface area contributed by atoms with Gasteiger partial charge in [0.05, 0.1) is 18.1 Å². The molecule has 2 fully saturated rings. The fraction of sp³-hybridized carbons (Fsp3) is 0.375. The average Bonchev–Trinajstić information content (AvgIpc) is 3.47. The molecular weight excluding hydrogens is 539 g/mol. The molecule has 1 aromatic heterocycles. The maximum absolute atomic E-state index is 6.22. The molecule has 3 heterocycles. The first-order chi connectivity index (χ1) is 19.4. The third-order valence-electron chi connectivity index (χ3n) is 8.33. The van der Waals surface area contributed by atoms with Crippen molar-refractivity contribution in [2.75, 3.05) is 58.3 Å². The molecule has 6 nitrogen and oxygen atoms in total. The summed E-state index contributed by atoms with van der Waals surface area (Å²) in [5.41, 5.74) is 3.51. The Bertz CT molecular complexity index is 1390. The molecule has 6 rings (SSSR count). The standard InChI is InChI=1S/C32H36Cl2N6/c1-37(2)27-15-16-40(21-27)32-28-5-3-4-6-29(28)35-30(36-32)22-38-17-19-39(20-18-38)31(23-7-11-25(33)12-8-23)24-9-13-26(34)14-10-24/h3-14,27,31H,15-22H2,1-2H3/t27-/m1/s1. The second-order valence-electron chi connectivity index (χ2n) is 11.2. The molecule has 1 atom stereocenters. The van der Waals surface area contributed by atoms with Crippen LogP contribution in [0, 0.1) is 0 Å². The first-order valence-electron chi connectivity index (χ1n) is 14.1. The quantitative estimate of drug-likeness (QED) is 0.270. The molecule has 40 heavy (non-hydrogen) atoms. The van der Waals surface area contributed by atoms with Crippen LogP contribution in [0.2, 0.25) is 10.0 Å². The van der Waals surface area contributed by atoms with Crippen LogP contribution in [0.4, 0.5) is 5.82 Å². The van der Waals surface area contributed by atoms with E-state index >= 15 is 0 Å². The van der Waals surface area contributed by atoms with E-state index in [-0.39, 0.29) is 6.04 Å². The number of para-hydroxylation sites is 1. The number of fused-ring (bicyclic) bond motifs is 1. The number of anilines is 1. The fourth-order valence-electron chi connectivity index (χ4n) is 6.06. The van der Waals surface area contributed by atoms with E-state index in [2.05, 4.69) is 82.2 Å². The van der Waals surface area contributed by atoms with Gasteiger partial charge in [-0.25, -0.2) is 9.97 Å². The Morgan fingerprint density at radius 2 is 1.43 bits per heavy atom. The van der Waals surface area contributed by atoms with E-state index in [1.807, 2.05) is 24.3 Å². The molecule has 0 unspecified atom stereocenters. The van der Waals surface area contributed by atoms with Gasteiger partial charge >= 0.3 is 0 Å². The third-order valence-corrected chi connectivity index (χ3v) is 8.84. The zero-order valence-electron chi connectivity index (χ0n) is 23.2. The van der Waals surface area contributed by atoms with Crippen LogP contribution >= 0.6 is 23.2 Å². The van der Waals surface area contributed by atoms with E-state index in [1.54, 1.807) is 0 Å². The zero-order chi connectivity index (χ0) is 27.6. The van der Waals surface area contributed by atoms with Crippen molar-refractivity contribution in [2.24, 2.45) is 0 Å². The van der Waals surface area contributed by atoms with Crippen molar-refractivity contribution in [3.05, 3.63) is 99.8 Å². The van der Waals surface area contributed by atoms with Crippen molar-refractivity contribution in [3.63, 3.8) is 0 Å². The minimum absolute atomic E-state index is 0.153. The van der Waals surface area contributed by atoms with E-state index in [9.17, 15) is 0 Å². The molecule has 3 aromatic carbocycles. The minimum Gasteiger partial charge on any atom is -0.354 e. The lowest BCUT2D eigenvalue weighted by Crippen LogP contribution is -2.47. The summed E-state index contributed by atoms with van der Waals surface area (Å²) in [7, 11) is 4.34. The molecule has 0 aliphatic carbocycles. The van der Waals surface area contributed by atoms with Gasteiger partial charge in [0.1, 0.15) is 11.6 Å². The topological polar surface area (TPSA) is 38.7 Å². The number of halogens is 2. The maximum Gasteiger partial charge on any atom is 0.145 e. The molecule has 208 valence electrons. The molecule has 8 heteroatoms. The Balaban J connectivity index is 1.19. The first kappa shape index (κ1) is 27.4. The zero-order valence-corrected chi connectivity index (χ0v) is 24.7. The largest absolute Gasteiger partial charge is 0.354 e. The summed E-state index contributed by atoms with van der Waals surface area (Å²) in [5, 5.41) is 2.65. The summed E-state index contributed by atoms with van der Waals surface area (Å²) < 4.78 is 0. The molecule has 0 saturated carbocycles. The number of hydrogen-bond donors (Lipinski definition) is 0. The van der Waals surface area contributed by atoms with E-state index in [4.69, 9.17) is 33.2 Å². The molecule has 2 aliphatic rings. The first-order valence-corrected chi connectivity index (χ1v) is 14.8. The van der Waals surface area contributed by atoms with Crippen LogP contribution in [-0.4, -0.2) is 84.1 Å². The second-order valence-corrected chi connectivity index (χ2v) is 12.0. The molecule has 4 aromatic rings. The van der Waals surface area contributed by atoms with Gasteiger partial charge in [0, 0.05) is 60.7 Å². The summed E-state index contributed by atoms with van der Waals surface area (Å²) >= 11 is 12.4. The van der Waals surface area contributed by atoms with Crippen LogP contribution in [0.5, 0.6) is 0 Å². The van der Waals surface area contributed by atoms with E-state index in [0.29, 0.717) is 6.04 Å². The van der Waals surface area contributed by atoms with Crippen molar-refractivity contribution in [3.8, 4) is 0 Å². The molecule has 0 radical (unpaired) electrons. The molecule has 2 saturated heterocycles. The van der Waals surface area contributed by atoms with Crippen molar-refractivity contribution >= 4 is 39.9 Å². The predicted molar refractivity (Wildman–Crippen MR) is 165 cm³/mol. The van der Waals surface area contributed by atoms with Crippen LogP contribution in [0.3, 0.4) is 0 Å². The highest BCUT2D eigenvalue weighted by atomic mass is 35.5. The number of likely N-dealkylation sites (N-methyl/N-ethyl adjacent to an activating group) is 1. The van der Waals surface area contributed by atoms with Gasteiger partial charge in [0.15, 0.2) is 0 Å². The van der Waals surface area contributed by atoms with Gasteiger partial charge < -0.3 is 9.80 Å². The van der Waals surface area contributed by atoms with Crippen molar-refractivity contribution < 1.29 is 0 Å². The van der Waals surface area contributed by atoms with Crippen molar-refractivity contribution in [1.82, 2.24) is 24.7 Å². The number of piperazine rings is 1. The summed E-state index contributed by atoms with van der Waals surface area (Å²) in [6.07, 6.45) is 1.16. The Morgan fingerprint density at radius 1 is 0.800 bits per heavy atom. The molecule has 0 bridgehead atoms. The molecule has 0 amide bonds. The van der Waals surface area contributed by atoms with Gasteiger partial charge in [-0.2, -0.15) is 0 Å². The Labute approximate surface area is 247 Å². The van der Waals surface area contributed by atoms with Crippen LogP contribution in [0.1, 0.15) is 29.4 Å². The fourth-order valence-corrected chi connectivity index (χ4v) is 6.31. The molecular formula is C32H36Cl2N6. The molecule has 0 N–H and O–H groups in total. The number of rotatable bonds is 7. The Hall–Kier alpha value is -2.74. The lowest BCUT2D eigenvalue weighted by atomic mass is 9.96. The number of aromatic nitrogens is 2. The Morgan fingerprint density at radius 3 is 2.02 bits per heavy atom. The monoisotopic (exact) mass is 574 g/mol. The van der Waals surface area contributed by atoms with Gasteiger partial charge in [-0.05, 0) is 68.0 Å². The SMILES string of the molecule is CN(C)[C@@H]1CCN(c2nc(CN3CCN(C(c4ccc(Cl)cc4)c4ccc(Cl)cc4)CC3)nc3ccccc23)C1. The van der Waals surface area contributed by atoms with Crippen LogP contribution in [0.25, 0.3) is 10.9 Å². The van der Waals surface area contributed by atoms with Gasteiger partial charge in [0.25, 0.3) is 0 Å².